The van der Waals surface area contributed by atoms with Gasteiger partial charge in [0, 0.05) is 38.0 Å². The highest BCUT2D eigenvalue weighted by molar-refractivity contribution is 5.81. The number of rotatable bonds is 7. The lowest BCUT2D eigenvalue weighted by Crippen LogP contribution is -2.46. The molecule has 1 aliphatic heterocycles. The maximum Gasteiger partial charge on any atom is 0.225 e. The molecule has 172 valence electrons. The van der Waals surface area contributed by atoms with E-state index in [1.165, 1.54) is 24.8 Å². The summed E-state index contributed by atoms with van der Waals surface area (Å²) in [6, 6.07) is 14.6. The van der Waals surface area contributed by atoms with E-state index >= 15 is 0 Å². The van der Waals surface area contributed by atoms with Crippen molar-refractivity contribution in [1.29, 1.82) is 0 Å². The van der Waals surface area contributed by atoms with Gasteiger partial charge in [0.25, 0.3) is 0 Å². The van der Waals surface area contributed by atoms with Gasteiger partial charge in [0.1, 0.15) is 5.76 Å². The molecule has 0 spiro atoms. The molecule has 1 aromatic heterocycles. The molecule has 0 radical (unpaired) electrons. The zero-order chi connectivity index (χ0) is 22.2. The van der Waals surface area contributed by atoms with Crippen LogP contribution >= 0.6 is 0 Å². The Bertz CT molecular complexity index is 859. The number of aliphatic imine (C=N–C) groups is 1. The molecule has 1 amide bonds. The van der Waals surface area contributed by atoms with Crippen LogP contribution in [0.25, 0.3) is 0 Å². The average Bonchev–Trinajstić information content (AvgIpc) is 3.52. The van der Waals surface area contributed by atoms with Crippen LogP contribution in [0.1, 0.15) is 62.8 Å². The molecule has 1 aliphatic carbocycles. The summed E-state index contributed by atoms with van der Waals surface area (Å²) in [7, 11) is 0. The quantitative estimate of drug-likeness (QED) is 0.502. The average molecular weight is 437 g/mol. The lowest BCUT2D eigenvalue weighted by Gasteiger charge is -2.26. The Balaban J connectivity index is 1.36. The van der Waals surface area contributed by atoms with Crippen LogP contribution in [0.3, 0.4) is 0 Å². The van der Waals surface area contributed by atoms with Crippen LogP contribution in [0.2, 0.25) is 0 Å². The number of hydrogen-bond donors (Lipinski definition) is 2. The van der Waals surface area contributed by atoms with Gasteiger partial charge in [-0.15, -0.1) is 0 Å². The van der Waals surface area contributed by atoms with Gasteiger partial charge in [0.2, 0.25) is 5.91 Å². The van der Waals surface area contributed by atoms with Crippen molar-refractivity contribution in [2.75, 3.05) is 19.6 Å². The molecule has 1 saturated heterocycles. The summed E-state index contributed by atoms with van der Waals surface area (Å²) in [5, 5.41) is 7.15. The van der Waals surface area contributed by atoms with Gasteiger partial charge in [-0.2, -0.15) is 0 Å². The van der Waals surface area contributed by atoms with Crippen molar-refractivity contribution in [1.82, 2.24) is 15.5 Å². The summed E-state index contributed by atoms with van der Waals surface area (Å²) >= 11 is 0. The van der Waals surface area contributed by atoms with Crippen molar-refractivity contribution in [3.05, 3.63) is 60.1 Å². The molecule has 6 nitrogen and oxygen atoms in total. The number of benzene rings is 1. The fourth-order valence-electron chi connectivity index (χ4n) is 4.78. The maximum absolute atomic E-state index is 12.9. The van der Waals surface area contributed by atoms with Gasteiger partial charge < -0.3 is 20.0 Å². The smallest absolute Gasteiger partial charge is 0.225 e. The monoisotopic (exact) mass is 436 g/mol. The van der Waals surface area contributed by atoms with E-state index in [1.54, 1.807) is 6.26 Å². The van der Waals surface area contributed by atoms with Crippen LogP contribution in [0.4, 0.5) is 0 Å². The van der Waals surface area contributed by atoms with E-state index in [2.05, 4.69) is 46.7 Å². The molecule has 0 bridgehead atoms. The van der Waals surface area contributed by atoms with E-state index in [4.69, 9.17) is 9.41 Å². The van der Waals surface area contributed by atoms with E-state index in [1.807, 2.05) is 18.2 Å². The molecule has 32 heavy (non-hydrogen) atoms. The summed E-state index contributed by atoms with van der Waals surface area (Å²) in [6.07, 6.45) is 9.19. The Kier molecular flexibility index (Phi) is 7.86. The van der Waals surface area contributed by atoms with Crippen LogP contribution < -0.4 is 10.6 Å². The predicted molar refractivity (Wildman–Crippen MR) is 127 cm³/mol. The van der Waals surface area contributed by atoms with Crippen LogP contribution in [0.15, 0.2) is 58.1 Å². The molecule has 1 aromatic carbocycles. The second kappa shape index (κ2) is 11.2. The van der Waals surface area contributed by atoms with Crippen LogP contribution in [0.5, 0.6) is 0 Å². The molecule has 2 aliphatic rings. The Labute approximate surface area is 191 Å². The largest absolute Gasteiger partial charge is 0.469 e. The van der Waals surface area contributed by atoms with E-state index in [0.29, 0.717) is 12.5 Å². The molecule has 2 unspecified atom stereocenters. The third-order valence-electron chi connectivity index (χ3n) is 6.66. The number of carbonyl (C=O) groups is 1. The maximum atomic E-state index is 12.9. The van der Waals surface area contributed by atoms with Gasteiger partial charge in [-0.1, -0.05) is 49.6 Å². The number of carbonyl (C=O) groups excluding carboxylic acids is 1. The Hall–Kier alpha value is -2.76. The number of hydrogen-bond acceptors (Lipinski definition) is 3. The second-order valence-corrected chi connectivity index (χ2v) is 9.09. The van der Waals surface area contributed by atoms with Gasteiger partial charge in [0.05, 0.1) is 12.3 Å². The number of furan rings is 1. The molecular formula is C26H36N4O2. The lowest BCUT2D eigenvalue weighted by molar-refractivity contribution is -0.135. The van der Waals surface area contributed by atoms with Crippen molar-refractivity contribution in [3.63, 3.8) is 0 Å². The first-order valence-corrected chi connectivity index (χ1v) is 12.1. The Morgan fingerprint density at radius 1 is 1.12 bits per heavy atom. The van der Waals surface area contributed by atoms with E-state index < -0.39 is 0 Å². The van der Waals surface area contributed by atoms with Crippen molar-refractivity contribution in [2.24, 2.45) is 10.9 Å². The third-order valence-corrected chi connectivity index (χ3v) is 6.66. The molecule has 2 fully saturated rings. The first-order chi connectivity index (χ1) is 15.7. The molecule has 2 aromatic rings. The van der Waals surface area contributed by atoms with Gasteiger partial charge in [-0.25, -0.2) is 0 Å². The molecule has 1 saturated carbocycles. The normalized spacial score (nSPS) is 20.8. The third kappa shape index (κ3) is 6.15. The summed E-state index contributed by atoms with van der Waals surface area (Å²) in [4.78, 5) is 19.8. The van der Waals surface area contributed by atoms with Crippen LogP contribution in [-0.2, 0) is 11.2 Å². The van der Waals surface area contributed by atoms with Crippen molar-refractivity contribution in [3.8, 4) is 0 Å². The highest BCUT2D eigenvalue weighted by Gasteiger charge is 2.32. The fourth-order valence-corrected chi connectivity index (χ4v) is 4.78. The van der Waals surface area contributed by atoms with Crippen molar-refractivity contribution < 1.29 is 9.21 Å². The highest BCUT2D eigenvalue weighted by atomic mass is 16.3. The van der Waals surface area contributed by atoms with Crippen molar-refractivity contribution >= 4 is 11.9 Å². The van der Waals surface area contributed by atoms with E-state index in [0.717, 1.165) is 50.5 Å². The number of nitrogens with zero attached hydrogens (tertiary/aromatic N) is 2. The predicted octanol–water partition coefficient (Wildman–Crippen LogP) is 4.30. The Morgan fingerprint density at radius 2 is 1.94 bits per heavy atom. The molecule has 6 heteroatoms. The number of guanidine groups is 1. The number of likely N-dealkylation sites (tertiary alicyclic amines) is 1. The van der Waals surface area contributed by atoms with E-state index in [9.17, 15) is 4.79 Å². The standard InChI is InChI=1S/C26H36N4O2/c1-20(21-9-4-2-5-10-21)28-26(27-16-14-24-13-8-18-32-24)29-23-15-17-30(19-23)25(31)22-11-6-3-7-12-22/h2,4-5,8-10,13,18,20,22-23H,3,6-7,11-12,14-17,19H2,1H3,(H2,27,28,29). The minimum atomic E-state index is 0.132. The first kappa shape index (κ1) is 22.4. The molecule has 4 rings (SSSR count). The Morgan fingerprint density at radius 3 is 2.69 bits per heavy atom. The lowest BCUT2D eigenvalue weighted by atomic mass is 9.88. The zero-order valence-corrected chi connectivity index (χ0v) is 19.1. The van der Waals surface area contributed by atoms with Crippen LogP contribution in [-0.4, -0.2) is 42.4 Å². The van der Waals surface area contributed by atoms with Gasteiger partial charge in [-0.3, -0.25) is 9.79 Å². The van der Waals surface area contributed by atoms with E-state index in [-0.39, 0.29) is 18.0 Å². The SMILES string of the molecule is CC(NC(=NCCc1ccco1)NC1CCN(C(=O)C2CCCCC2)C1)c1ccccc1. The minimum absolute atomic E-state index is 0.132. The second-order valence-electron chi connectivity index (χ2n) is 9.09. The number of nitrogens with one attached hydrogen (secondary N) is 2. The first-order valence-electron chi connectivity index (χ1n) is 12.1. The highest BCUT2D eigenvalue weighted by Crippen LogP contribution is 2.26. The molecule has 2 atom stereocenters. The minimum Gasteiger partial charge on any atom is -0.469 e. The zero-order valence-electron chi connectivity index (χ0n) is 19.1. The summed E-state index contributed by atoms with van der Waals surface area (Å²) in [5.41, 5.74) is 1.22. The fraction of sp³-hybridized carbons (Fsp3) is 0.538. The van der Waals surface area contributed by atoms with Gasteiger partial charge in [0.15, 0.2) is 5.96 Å². The summed E-state index contributed by atoms with van der Waals surface area (Å²) < 4.78 is 5.44. The van der Waals surface area contributed by atoms with Crippen molar-refractivity contribution in [2.45, 2.75) is 64.0 Å². The van der Waals surface area contributed by atoms with Gasteiger partial charge >= 0.3 is 0 Å². The number of amides is 1. The molecule has 2 N–H and O–H groups in total. The molecule has 2 heterocycles. The van der Waals surface area contributed by atoms with Crippen LogP contribution in [0, 0.1) is 5.92 Å². The van der Waals surface area contributed by atoms with Gasteiger partial charge in [-0.05, 0) is 43.9 Å². The summed E-state index contributed by atoms with van der Waals surface area (Å²) in [6.45, 7) is 4.38. The molecular weight excluding hydrogens is 400 g/mol. The topological polar surface area (TPSA) is 69.9 Å². The summed E-state index contributed by atoms with van der Waals surface area (Å²) in [5.74, 6) is 2.33.